The highest BCUT2D eigenvalue weighted by atomic mass is 16.3. The first-order chi connectivity index (χ1) is 10.6. The summed E-state index contributed by atoms with van der Waals surface area (Å²) in [5.74, 6) is 1.26. The number of aliphatic hydroxyl groups excluding tert-OH is 1. The van der Waals surface area contributed by atoms with Gasteiger partial charge < -0.3 is 5.11 Å². The van der Waals surface area contributed by atoms with Gasteiger partial charge in [0.2, 0.25) is 0 Å². The highest BCUT2D eigenvalue weighted by molar-refractivity contribution is 5.64. The Balaban J connectivity index is 1.72. The second-order valence-corrected chi connectivity index (χ2v) is 6.95. The van der Waals surface area contributed by atoms with Gasteiger partial charge in [-0.1, -0.05) is 73.9 Å². The van der Waals surface area contributed by atoms with Crippen molar-refractivity contribution >= 4 is 0 Å². The van der Waals surface area contributed by atoms with Gasteiger partial charge in [-0.3, -0.25) is 0 Å². The molecule has 1 unspecified atom stereocenters. The van der Waals surface area contributed by atoms with Gasteiger partial charge >= 0.3 is 0 Å². The van der Waals surface area contributed by atoms with Crippen LogP contribution in [-0.4, -0.2) is 5.11 Å². The van der Waals surface area contributed by atoms with Crippen molar-refractivity contribution in [2.45, 2.75) is 45.6 Å². The Morgan fingerprint density at radius 1 is 0.818 bits per heavy atom. The Labute approximate surface area is 134 Å². The topological polar surface area (TPSA) is 20.2 Å². The van der Waals surface area contributed by atoms with Crippen LogP contribution in [0, 0.1) is 18.8 Å². The van der Waals surface area contributed by atoms with Gasteiger partial charge in [-0.2, -0.15) is 0 Å². The normalized spacial score (nSPS) is 23.2. The second kappa shape index (κ2) is 6.66. The molecule has 2 aromatic carbocycles. The van der Waals surface area contributed by atoms with E-state index in [1.54, 1.807) is 0 Å². The first kappa shape index (κ1) is 15.3. The number of rotatable bonds is 3. The molecule has 2 aromatic rings. The molecule has 3 rings (SSSR count). The molecule has 0 aliphatic heterocycles. The smallest absolute Gasteiger partial charge is 0.0818 e. The molecule has 0 saturated heterocycles. The number of hydrogen-bond donors (Lipinski definition) is 1. The molecule has 1 heteroatoms. The molecule has 1 atom stereocenters. The third kappa shape index (κ3) is 3.41. The zero-order valence-electron chi connectivity index (χ0n) is 13.6. The monoisotopic (exact) mass is 294 g/mol. The summed E-state index contributed by atoms with van der Waals surface area (Å²) in [4.78, 5) is 0. The summed E-state index contributed by atoms with van der Waals surface area (Å²) >= 11 is 0. The van der Waals surface area contributed by atoms with Crippen LogP contribution in [0.1, 0.15) is 49.8 Å². The van der Waals surface area contributed by atoms with Crippen LogP contribution in [0.25, 0.3) is 11.1 Å². The Morgan fingerprint density at radius 3 is 1.86 bits per heavy atom. The molecule has 1 aliphatic rings. The fourth-order valence-electron chi connectivity index (χ4n) is 3.49. The van der Waals surface area contributed by atoms with Crippen LogP contribution in [0.3, 0.4) is 0 Å². The van der Waals surface area contributed by atoms with Crippen molar-refractivity contribution < 1.29 is 5.11 Å². The van der Waals surface area contributed by atoms with Gasteiger partial charge in [0.25, 0.3) is 0 Å². The third-order valence-corrected chi connectivity index (χ3v) is 5.14. The summed E-state index contributed by atoms with van der Waals surface area (Å²) in [6.07, 6.45) is 4.51. The van der Waals surface area contributed by atoms with Gasteiger partial charge in [0.1, 0.15) is 0 Å². The summed E-state index contributed by atoms with van der Waals surface area (Å²) in [5.41, 5.74) is 4.80. The van der Waals surface area contributed by atoms with E-state index in [0.29, 0.717) is 5.92 Å². The van der Waals surface area contributed by atoms with E-state index in [4.69, 9.17) is 0 Å². The first-order valence-corrected chi connectivity index (χ1v) is 8.48. The van der Waals surface area contributed by atoms with Gasteiger partial charge in [0.15, 0.2) is 0 Å². The molecule has 0 spiro atoms. The van der Waals surface area contributed by atoms with E-state index in [1.165, 1.54) is 29.5 Å². The van der Waals surface area contributed by atoms with Crippen molar-refractivity contribution in [3.8, 4) is 11.1 Å². The molecule has 1 nitrogen and oxygen atoms in total. The molecule has 1 aliphatic carbocycles. The summed E-state index contributed by atoms with van der Waals surface area (Å²) in [5, 5.41) is 10.6. The first-order valence-electron chi connectivity index (χ1n) is 8.48. The van der Waals surface area contributed by atoms with Crippen LogP contribution < -0.4 is 0 Å². The largest absolute Gasteiger partial charge is 0.388 e. The third-order valence-electron chi connectivity index (χ3n) is 5.14. The lowest BCUT2D eigenvalue weighted by molar-refractivity contribution is 0.0756. The van der Waals surface area contributed by atoms with Crippen molar-refractivity contribution in [2.24, 2.45) is 11.8 Å². The maximum Gasteiger partial charge on any atom is 0.0818 e. The fraction of sp³-hybridized carbons (Fsp3) is 0.429. The van der Waals surface area contributed by atoms with Crippen molar-refractivity contribution in [1.29, 1.82) is 0 Å². The van der Waals surface area contributed by atoms with Gasteiger partial charge in [-0.05, 0) is 48.3 Å². The van der Waals surface area contributed by atoms with Crippen LogP contribution >= 0.6 is 0 Å². The number of aryl methyl sites for hydroxylation is 1. The lowest BCUT2D eigenvalue weighted by Gasteiger charge is -2.30. The van der Waals surface area contributed by atoms with Crippen LogP contribution in [0.2, 0.25) is 0 Å². The standard InChI is InChI=1S/C21H26O/c1-15-3-7-17(8-4-15)18-11-13-20(14-12-18)21(22)19-9-5-16(2)6-10-19/h3-4,7-8,11-14,16,19,21-22H,5-6,9-10H2,1-2H3. The minimum Gasteiger partial charge on any atom is -0.388 e. The van der Waals surface area contributed by atoms with Crippen LogP contribution in [0.15, 0.2) is 48.5 Å². The van der Waals surface area contributed by atoms with Crippen molar-refractivity contribution in [3.63, 3.8) is 0 Å². The molecular weight excluding hydrogens is 268 g/mol. The fourth-order valence-corrected chi connectivity index (χ4v) is 3.49. The summed E-state index contributed by atoms with van der Waals surface area (Å²) < 4.78 is 0. The average molecular weight is 294 g/mol. The van der Waals surface area contributed by atoms with E-state index < -0.39 is 0 Å². The molecule has 1 saturated carbocycles. The van der Waals surface area contributed by atoms with Gasteiger partial charge in [-0.15, -0.1) is 0 Å². The van der Waals surface area contributed by atoms with E-state index in [2.05, 4.69) is 62.4 Å². The molecule has 0 amide bonds. The Kier molecular flexibility index (Phi) is 4.63. The second-order valence-electron chi connectivity index (χ2n) is 6.95. The molecule has 0 heterocycles. The molecule has 22 heavy (non-hydrogen) atoms. The molecule has 1 fully saturated rings. The summed E-state index contributed by atoms with van der Waals surface area (Å²) in [6, 6.07) is 17.0. The molecular formula is C21H26O. The van der Waals surface area contributed by atoms with E-state index >= 15 is 0 Å². The van der Waals surface area contributed by atoms with Crippen molar-refractivity contribution in [3.05, 3.63) is 59.7 Å². The highest BCUT2D eigenvalue weighted by Gasteiger charge is 2.25. The van der Waals surface area contributed by atoms with E-state index in [9.17, 15) is 5.11 Å². The molecule has 0 radical (unpaired) electrons. The average Bonchev–Trinajstić information content (AvgIpc) is 2.56. The maximum atomic E-state index is 10.6. The van der Waals surface area contributed by atoms with E-state index in [1.807, 2.05) is 0 Å². The quantitative estimate of drug-likeness (QED) is 0.790. The maximum absolute atomic E-state index is 10.6. The van der Waals surface area contributed by atoms with Crippen LogP contribution in [-0.2, 0) is 0 Å². The minimum atomic E-state index is -0.306. The zero-order chi connectivity index (χ0) is 15.5. The molecule has 1 N–H and O–H groups in total. The number of hydrogen-bond acceptors (Lipinski definition) is 1. The van der Waals surface area contributed by atoms with Crippen molar-refractivity contribution in [1.82, 2.24) is 0 Å². The SMILES string of the molecule is Cc1ccc(-c2ccc(C(O)C3CCC(C)CC3)cc2)cc1. The number of benzene rings is 2. The Bertz CT molecular complexity index is 589. The van der Waals surface area contributed by atoms with Gasteiger partial charge in [0, 0.05) is 0 Å². The predicted octanol–water partition coefficient (Wildman–Crippen LogP) is 5.52. The Hall–Kier alpha value is -1.60. The predicted molar refractivity (Wildman–Crippen MR) is 92.7 cm³/mol. The minimum absolute atomic E-state index is 0.306. The zero-order valence-corrected chi connectivity index (χ0v) is 13.6. The molecule has 0 bridgehead atoms. The van der Waals surface area contributed by atoms with Gasteiger partial charge in [-0.25, -0.2) is 0 Å². The van der Waals surface area contributed by atoms with E-state index in [0.717, 1.165) is 24.3 Å². The van der Waals surface area contributed by atoms with Crippen molar-refractivity contribution in [2.75, 3.05) is 0 Å². The summed E-state index contributed by atoms with van der Waals surface area (Å²) in [6.45, 7) is 4.42. The molecule has 116 valence electrons. The summed E-state index contributed by atoms with van der Waals surface area (Å²) in [7, 11) is 0. The van der Waals surface area contributed by atoms with E-state index in [-0.39, 0.29) is 6.10 Å². The Morgan fingerprint density at radius 2 is 1.32 bits per heavy atom. The number of aliphatic hydroxyl groups is 1. The van der Waals surface area contributed by atoms with Crippen LogP contribution in [0.4, 0.5) is 0 Å². The molecule has 0 aromatic heterocycles. The highest BCUT2D eigenvalue weighted by Crippen LogP contribution is 2.37. The van der Waals surface area contributed by atoms with Crippen LogP contribution in [0.5, 0.6) is 0 Å². The lowest BCUT2D eigenvalue weighted by atomic mass is 9.78. The lowest BCUT2D eigenvalue weighted by Crippen LogP contribution is -2.19. The van der Waals surface area contributed by atoms with Gasteiger partial charge in [0.05, 0.1) is 6.10 Å².